The monoisotopic (exact) mass is 337 g/mol. The quantitative estimate of drug-likeness (QED) is 0.692. The van der Waals surface area contributed by atoms with Gasteiger partial charge in [0.1, 0.15) is 5.75 Å². The molecular formula is C20H23N3O2. The Hall–Kier alpha value is -2.82. The lowest BCUT2D eigenvalue weighted by Crippen LogP contribution is -2.25. The molecule has 5 nitrogen and oxygen atoms in total. The maximum Gasteiger partial charge on any atom is 0.251 e. The normalized spacial score (nSPS) is 11.0. The Morgan fingerprint density at radius 1 is 1.20 bits per heavy atom. The number of nitrogens with one attached hydrogen (secondary N) is 2. The summed E-state index contributed by atoms with van der Waals surface area (Å²) in [6.45, 7) is 5.56. The van der Waals surface area contributed by atoms with Crippen LogP contribution < -0.4 is 10.1 Å². The summed E-state index contributed by atoms with van der Waals surface area (Å²) in [7, 11) is 0. The third-order valence-corrected chi connectivity index (χ3v) is 3.89. The fourth-order valence-corrected chi connectivity index (χ4v) is 2.51. The van der Waals surface area contributed by atoms with E-state index in [9.17, 15) is 4.79 Å². The van der Waals surface area contributed by atoms with Crippen molar-refractivity contribution in [2.45, 2.75) is 20.3 Å². The number of ether oxygens (including phenoxy) is 1. The standard InChI is InChI=1S/C20H23N3O2/c1-14(2)12-25-17-6-3-15(4-7-17)9-10-21-20(24)16-5-8-18-19(11-16)23-13-22-18/h3-8,11,13-14H,9-10,12H2,1-2H3,(H,21,24)(H,22,23). The van der Waals surface area contributed by atoms with Gasteiger partial charge in [-0.15, -0.1) is 0 Å². The Kier molecular flexibility index (Phi) is 5.33. The number of rotatable bonds is 7. The number of nitrogens with zero attached hydrogens (tertiary/aromatic N) is 1. The first-order valence-electron chi connectivity index (χ1n) is 8.55. The third-order valence-electron chi connectivity index (χ3n) is 3.89. The lowest BCUT2D eigenvalue weighted by molar-refractivity contribution is 0.0954. The highest BCUT2D eigenvalue weighted by Gasteiger charge is 2.07. The molecule has 3 aromatic rings. The van der Waals surface area contributed by atoms with Crippen molar-refractivity contribution in [3.05, 3.63) is 59.9 Å². The second kappa shape index (κ2) is 7.83. The molecule has 0 saturated heterocycles. The second-order valence-electron chi connectivity index (χ2n) is 6.49. The molecule has 5 heteroatoms. The molecule has 1 amide bonds. The van der Waals surface area contributed by atoms with Gasteiger partial charge in [0.25, 0.3) is 5.91 Å². The van der Waals surface area contributed by atoms with E-state index in [0.717, 1.165) is 29.8 Å². The van der Waals surface area contributed by atoms with E-state index < -0.39 is 0 Å². The minimum atomic E-state index is -0.0756. The molecule has 0 aliphatic rings. The Balaban J connectivity index is 1.49. The molecule has 0 aliphatic heterocycles. The zero-order valence-corrected chi connectivity index (χ0v) is 14.6. The van der Waals surface area contributed by atoms with Crippen molar-refractivity contribution in [2.24, 2.45) is 5.92 Å². The van der Waals surface area contributed by atoms with E-state index in [-0.39, 0.29) is 5.91 Å². The molecule has 1 aromatic heterocycles. The maximum atomic E-state index is 12.2. The van der Waals surface area contributed by atoms with Gasteiger partial charge in [0.2, 0.25) is 0 Å². The van der Waals surface area contributed by atoms with Crippen molar-refractivity contribution < 1.29 is 9.53 Å². The number of amides is 1. The summed E-state index contributed by atoms with van der Waals surface area (Å²) in [6.07, 6.45) is 2.41. The molecule has 2 N–H and O–H groups in total. The van der Waals surface area contributed by atoms with Crippen LogP contribution in [-0.4, -0.2) is 29.0 Å². The molecule has 0 unspecified atom stereocenters. The minimum absolute atomic E-state index is 0.0756. The summed E-state index contributed by atoms with van der Waals surface area (Å²) in [5, 5.41) is 2.95. The van der Waals surface area contributed by atoms with Gasteiger partial charge in [-0.2, -0.15) is 0 Å². The topological polar surface area (TPSA) is 67.0 Å². The Morgan fingerprint density at radius 2 is 2.00 bits per heavy atom. The number of benzene rings is 2. The zero-order chi connectivity index (χ0) is 17.6. The van der Waals surface area contributed by atoms with Crippen LogP contribution in [0.25, 0.3) is 11.0 Å². The summed E-state index contributed by atoms with van der Waals surface area (Å²) >= 11 is 0. The van der Waals surface area contributed by atoms with Gasteiger partial charge in [0.15, 0.2) is 0 Å². The molecule has 0 bridgehead atoms. The van der Waals surface area contributed by atoms with E-state index in [2.05, 4.69) is 29.1 Å². The average Bonchev–Trinajstić information content (AvgIpc) is 3.08. The summed E-state index contributed by atoms with van der Waals surface area (Å²) in [6, 6.07) is 13.5. The maximum absolute atomic E-state index is 12.2. The van der Waals surface area contributed by atoms with Gasteiger partial charge < -0.3 is 15.0 Å². The van der Waals surface area contributed by atoms with E-state index in [4.69, 9.17) is 4.74 Å². The number of hydrogen-bond donors (Lipinski definition) is 2. The van der Waals surface area contributed by atoms with Crippen LogP contribution in [0, 0.1) is 5.92 Å². The zero-order valence-electron chi connectivity index (χ0n) is 14.6. The molecule has 3 rings (SSSR count). The molecule has 0 fully saturated rings. The number of imidazole rings is 1. The number of aromatic amines is 1. The summed E-state index contributed by atoms with van der Waals surface area (Å²) in [4.78, 5) is 19.4. The summed E-state index contributed by atoms with van der Waals surface area (Å²) in [5.41, 5.74) is 3.52. The first kappa shape index (κ1) is 17.0. The van der Waals surface area contributed by atoms with Crippen LogP contribution in [0.1, 0.15) is 29.8 Å². The molecule has 2 aromatic carbocycles. The molecule has 130 valence electrons. The number of carbonyl (C=O) groups excluding carboxylic acids is 1. The van der Waals surface area contributed by atoms with Crippen LogP contribution in [0.2, 0.25) is 0 Å². The minimum Gasteiger partial charge on any atom is -0.493 e. The highest BCUT2D eigenvalue weighted by molar-refractivity contribution is 5.97. The van der Waals surface area contributed by atoms with Crippen molar-refractivity contribution >= 4 is 16.9 Å². The number of H-pyrrole nitrogens is 1. The van der Waals surface area contributed by atoms with Crippen LogP contribution in [-0.2, 0) is 6.42 Å². The van der Waals surface area contributed by atoms with E-state index in [1.54, 1.807) is 12.4 Å². The van der Waals surface area contributed by atoms with Crippen LogP contribution in [0.3, 0.4) is 0 Å². The van der Waals surface area contributed by atoms with Gasteiger partial charge in [-0.3, -0.25) is 4.79 Å². The second-order valence-corrected chi connectivity index (χ2v) is 6.49. The van der Waals surface area contributed by atoms with Gasteiger partial charge in [-0.25, -0.2) is 4.98 Å². The lowest BCUT2D eigenvalue weighted by atomic mass is 10.1. The van der Waals surface area contributed by atoms with Gasteiger partial charge in [-0.05, 0) is 48.2 Å². The molecule has 1 heterocycles. The fraction of sp³-hybridized carbons (Fsp3) is 0.300. The van der Waals surface area contributed by atoms with E-state index in [1.165, 1.54) is 5.56 Å². The van der Waals surface area contributed by atoms with E-state index in [0.29, 0.717) is 18.0 Å². The molecule has 0 spiro atoms. The summed E-state index contributed by atoms with van der Waals surface area (Å²) in [5.74, 6) is 1.32. The van der Waals surface area contributed by atoms with Gasteiger partial charge in [0.05, 0.1) is 24.0 Å². The SMILES string of the molecule is CC(C)COc1ccc(CCNC(=O)c2ccc3nc[nH]c3c2)cc1. The number of fused-ring (bicyclic) bond motifs is 1. The number of aromatic nitrogens is 2. The van der Waals surface area contributed by atoms with Crippen molar-refractivity contribution in [1.82, 2.24) is 15.3 Å². The van der Waals surface area contributed by atoms with Crippen molar-refractivity contribution in [3.63, 3.8) is 0 Å². The van der Waals surface area contributed by atoms with Gasteiger partial charge in [-0.1, -0.05) is 26.0 Å². The lowest BCUT2D eigenvalue weighted by Gasteiger charge is -2.09. The molecular weight excluding hydrogens is 314 g/mol. The largest absolute Gasteiger partial charge is 0.493 e. The van der Waals surface area contributed by atoms with Crippen molar-refractivity contribution in [3.8, 4) is 5.75 Å². The van der Waals surface area contributed by atoms with Gasteiger partial charge >= 0.3 is 0 Å². The van der Waals surface area contributed by atoms with Crippen LogP contribution in [0.15, 0.2) is 48.8 Å². The smallest absolute Gasteiger partial charge is 0.251 e. The first-order valence-corrected chi connectivity index (χ1v) is 8.55. The van der Waals surface area contributed by atoms with Gasteiger partial charge in [0, 0.05) is 12.1 Å². The van der Waals surface area contributed by atoms with Crippen molar-refractivity contribution in [2.75, 3.05) is 13.2 Å². The van der Waals surface area contributed by atoms with Crippen LogP contribution in [0.4, 0.5) is 0 Å². The highest BCUT2D eigenvalue weighted by Crippen LogP contribution is 2.14. The third kappa shape index (κ3) is 4.59. The van der Waals surface area contributed by atoms with Crippen LogP contribution in [0.5, 0.6) is 5.75 Å². The molecule has 0 radical (unpaired) electrons. The van der Waals surface area contributed by atoms with E-state index in [1.807, 2.05) is 36.4 Å². The van der Waals surface area contributed by atoms with Crippen molar-refractivity contribution in [1.29, 1.82) is 0 Å². The number of hydrogen-bond acceptors (Lipinski definition) is 3. The average molecular weight is 337 g/mol. The fourth-order valence-electron chi connectivity index (χ4n) is 2.51. The molecule has 0 atom stereocenters. The molecule has 0 saturated carbocycles. The molecule has 0 aliphatic carbocycles. The Bertz CT molecular complexity index is 838. The van der Waals surface area contributed by atoms with E-state index >= 15 is 0 Å². The van der Waals surface area contributed by atoms with Crippen LogP contribution >= 0.6 is 0 Å². The Morgan fingerprint density at radius 3 is 2.76 bits per heavy atom. The predicted molar refractivity (Wildman–Crippen MR) is 98.9 cm³/mol. The highest BCUT2D eigenvalue weighted by atomic mass is 16.5. The first-order chi connectivity index (χ1) is 12.1. The number of carbonyl (C=O) groups is 1. The predicted octanol–water partition coefficient (Wildman–Crippen LogP) is 3.57. The molecule has 25 heavy (non-hydrogen) atoms. The summed E-state index contributed by atoms with van der Waals surface area (Å²) < 4.78 is 5.67. The Labute approximate surface area is 147 Å².